The molecule has 0 bridgehead atoms. The molecule has 0 saturated heterocycles. The quantitative estimate of drug-likeness (QED) is 0.628. The number of carbonyl (C=O) groups excluding carboxylic acids is 1. The van der Waals surface area contributed by atoms with Gasteiger partial charge in [-0.15, -0.1) is 10.2 Å². The summed E-state index contributed by atoms with van der Waals surface area (Å²) in [5.74, 6) is -0.166. The summed E-state index contributed by atoms with van der Waals surface area (Å²) in [6, 6.07) is 0. The number of hydrogen-bond acceptors (Lipinski definition) is 6. The van der Waals surface area contributed by atoms with E-state index >= 15 is 0 Å². The summed E-state index contributed by atoms with van der Waals surface area (Å²) in [5.41, 5.74) is 6.29. The van der Waals surface area contributed by atoms with Gasteiger partial charge >= 0.3 is 0 Å². The maximum atomic E-state index is 11.1. The highest BCUT2D eigenvalue weighted by molar-refractivity contribution is 6.08. The van der Waals surface area contributed by atoms with Gasteiger partial charge in [0.15, 0.2) is 11.5 Å². The number of primary amides is 1. The van der Waals surface area contributed by atoms with Gasteiger partial charge in [-0.1, -0.05) is 0 Å². The zero-order chi connectivity index (χ0) is 10.4. The zero-order valence-electron chi connectivity index (χ0n) is 7.38. The number of rotatable bonds is 1. The summed E-state index contributed by atoms with van der Waals surface area (Å²) in [6.45, 7) is 0. The summed E-state index contributed by atoms with van der Waals surface area (Å²) in [5, 5.41) is 8.24. The van der Waals surface area contributed by atoms with Crippen LogP contribution in [0.5, 0.6) is 0 Å². The van der Waals surface area contributed by atoms with Crippen LogP contribution in [0.2, 0.25) is 0 Å². The van der Waals surface area contributed by atoms with Crippen LogP contribution in [-0.4, -0.2) is 20.9 Å². The molecule has 0 atom stereocenters. The minimum atomic E-state index is -0.588. The lowest BCUT2D eigenvalue weighted by atomic mass is 10.2. The standard InChI is InChI=1S/C8H4N6O/c9-6(15)3-1-10-7-4-5(3)13-14-8(4)12-2-11-7/h1-2H,(H2,9,15). The Morgan fingerprint density at radius 1 is 1.20 bits per heavy atom. The van der Waals surface area contributed by atoms with E-state index in [1.54, 1.807) is 0 Å². The zero-order valence-corrected chi connectivity index (χ0v) is 7.38. The Kier molecular flexibility index (Phi) is 1.34. The van der Waals surface area contributed by atoms with Gasteiger partial charge in [0.2, 0.25) is 0 Å². The number of azo groups is 1. The molecule has 7 nitrogen and oxygen atoms in total. The molecule has 3 heterocycles. The van der Waals surface area contributed by atoms with E-state index in [-0.39, 0.29) is 5.56 Å². The number of hydrogen-bond donors (Lipinski definition) is 1. The number of amides is 1. The van der Waals surface area contributed by atoms with Crippen molar-refractivity contribution in [1.82, 2.24) is 15.0 Å². The van der Waals surface area contributed by atoms with Crippen LogP contribution >= 0.6 is 0 Å². The van der Waals surface area contributed by atoms with Gasteiger partial charge < -0.3 is 5.73 Å². The molecule has 0 unspecified atom stereocenters. The van der Waals surface area contributed by atoms with Gasteiger partial charge in [0.25, 0.3) is 5.91 Å². The summed E-state index contributed by atoms with van der Waals surface area (Å²) in [4.78, 5) is 22.9. The smallest absolute Gasteiger partial charge is 0.252 e. The Morgan fingerprint density at radius 2 is 2.07 bits per heavy atom. The molecular weight excluding hydrogens is 196 g/mol. The molecule has 0 saturated carbocycles. The number of nitrogens with zero attached hydrogens (tertiary/aromatic N) is 5. The van der Waals surface area contributed by atoms with Crippen molar-refractivity contribution < 1.29 is 4.79 Å². The molecular formula is C8H4N6O. The highest BCUT2D eigenvalue weighted by atomic mass is 16.1. The molecule has 2 aromatic rings. The molecule has 1 aliphatic rings. The van der Waals surface area contributed by atoms with E-state index in [0.717, 1.165) is 0 Å². The van der Waals surface area contributed by atoms with Crippen LogP contribution in [0.15, 0.2) is 22.8 Å². The van der Waals surface area contributed by atoms with Gasteiger partial charge in [-0.05, 0) is 0 Å². The Hall–Kier alpha value is -2.44. The second-order valence-electron chi connectivity index (χ2n) is 2.98. The molecule has 1 aliphatic heterocycles. The Balaban J connectivity index is 2.50. The minimum absolute atomic E-state index is 0.236. The number of carbonyl (C=O) groups is 1. The van der Waals surface area contributed by atoms with Gasteiger partial charge in [0.1, 0.15) is 12.0 Å². The first-order chi connectivity index (χ1) is 7.27. The maximum Gasteiger partial charge on any atom is 0.252 e. The van der Waals surface area contributed by atoms with E-state index in [4.69, 9.17) is 5.73 Å². The first-order valence-electron chi connectivity index (χ1n) is 4.12. The van der Waals surface area contributed by atoms with E-state index in [9.17, 15) is 4.79 Å². The second-order valence-corrected chi connectivity index (χ2v) is 2.98. The summed E-state index contributed by atoms with van der Waals surface area (Å²) < 4.78 is 0. The monoisotopic (exact) mass is 200 g/mol. The van der Waals surface area contributed by atoms with Crippen molar-refractivity contribution in [1.29, 1.82) is 0 Å². The predicted octanol–water partition coefficient (Wildman–Crippen LogP) is 0.852. The van der Waals surface area contributed by atoms with Crippen LogP contribution in [0.3, 0.4) is 0 Å². The van der Waals surface area contributed by atoms with E-state index in [2.05, 4.69) is 25.2 Å². The minimum Gasteiger partial charge on any atom is -0.365 e. The summed E-state index contributed by atoms with van der Waals surface area (Å²) in [6.07, 6.45) is 2.70. The molecule has 15 heavy (non-hydrogen) atoms. The van der Waals surface area contributed by atoms with Gasteiger partial charge in [0.05, 0.1) is 10.9 Å². The molecule has 7 heteroatoms. The van der Waals surface area contributed by atoms with Crippen molar-refractivity contribution in [2.24, 2.45) is 16.0 Å². The van der Waals surface area contributed by atoms with Crippen molar-refractivity contribution in [2.75, 3.05) is 0 Å². The first kappa shape index (κ1) is 7.92. The highest BCUT2D eigenvalue weighted by Crippen LogP contribution is 2.39. The Bertz CT molecular complexity index is 620. The largest absolute Gasteiger partial charge is 0.365 e. The first-order valence-corrected chi connectivity index (χ1v) is 4.12. The molecule has 3 rings (SSSR count). The van der Waals surface area contributed by atoms with E-state index in [0.29, 0.717) is 22.5 Å². The number of nitrogens with two attached hydrogens (primary N) is 1. The van der Waals surface area contributed by atoms with Crippen molar-refractivity contribution in [3.63, 3.8) is 0 Å². The van der Waals surface area contributed by atoms with Crippen LogP contribution in [0.1, 0.15) is 10.4 Å². The van der Waals surface area contributed by atoms with Gasteiger partial charge in [-0.3, -0.25) is 4.79 Å². The van der Waals surface area contributed by atoms with Gasteiger partial charge in [-0.25, -0.2) is 15.0 Å². The van der Waals surface area contributed by atoms with Crippen LogP contribution < -0.4 is 5.73 Å². The average Bonchev–Trinajstić information content (AvgIpc) is 2.65. The molecule has 1 amide bonds. The van der Waals surface area contributed by atoms with Crippen LogP contribution in [0.4, 0.5) is 11.5 Å². The third kappa shape index (κ3) is 0.938. The topological polar surface area (TPSA) is 106 Å². The summed E-state index contributed by atoms with van der Waals surface area (Å²) in [7, 11) is 0. The molecule has 0 radical (unpaired) electrons. The maximum absolute atomic E-state index is 11.1. The fraction of sp³-hybridized carbons (Fsp3) is 0. The van der Waals surface area contributed by atoms with Crippen molar-refractivity contribution >= 4 is 28.4 Å². The van der Waals surface area contributed by atoms with E-state index in [1.807, 2.05) is 0 Å². The van der Waals surface area contributed by atoms with Gasteiger partial charge in [0, 0.05) is 6.20 Å². The third-order valence-corrected chi connectivity index (χ3v) is 2.13. The summed E-state index contributed by atoms with van der Waals surface area (Å²) >= 11 is 0. The molecule has 2 N–H and O–H groups in total. The van der Waals surface area contributed by atoms with Crippen LogP contribution in [-0.2, 0) is 0 Å². The fourth-order valence-electron chi connectivity index (χ4n) is 1.46. The molecule has 0 aliphatic carbocycles. The predicted molar refractivity (Wildman–Crippen MR) is 50.0 cm³/mol. The second kappa shape index (κ2) is 2.53. The lowest BCUT2D eigenvalue weighted by Gasteiger charge is -1.99. The van der Waals surface area contributed by atoms with Gasteiger partial charge in [-0.2, -0.15) is 0 Å². The lowest BCUT2D eigenvalue weighted by Crippen LogP contribution is -2.11. The molecule has 72 valence electrons. The van der Waals surface area contributed by atoms with Crippen LogP contribution in [0.25, 0.3) is 11.0 Å². The normalized spacial score (nSPS) is 12.3. The van der Waals surface area contributed by atoms with Crippen molar-refractivity contribution in [3.8, 4) is 0 Å². The lowest BCUT2D eigenvalue weighted by molar-refractivity contribution is 0.100. The third-order valence-electron chi connectivity index (χ3n) is 2.13. The fourth-order valence-corrected chi connectivity index (χ4v) is 1.46. The Labute approximate surface area is 83.1 Å². The van der Waals surface area contributed by atoms with Crippen molar-refractivity contribution in [3.05, 3.63) is 18.1 Å². The van der Waals surface area contributed by atoms with Crippen molar-refractivity contribution in [2.45, 2.75) is 0 Å². The van der Waals surface area contributed by atoms with Crippen LogP contribution in [0, 0.1) is 0 Å². The average molecular weight is 200 g/mol. The SMILES string of the molecule is NC(=O)c1cnc2ncnc3c2c1N=N3. The molecule has 0 aromatic carbocycles. The number of pyridine rings is 1. The Morgan fingerprint density at radius 3 is 2.87 bits per heavy atom. The van der Waals surface area contributed by atoms with E-state index in [1.165, 1.54) is 12.5 Å². The molecule has 0 spiro atoms. The number of aromatic nitrogens is 3. The molecule has 2 aromatic heterocycles. The molecule has 0 fully saturated rings. The van der Waals surface area contributed by atoms with E-state index < -0.39 is 5.91 Å². The highest BCUT2D eigenvalue weighted by Gasteiger charge is 2.21.